The van der Waals surface area contributed by atoms with Gasteiger partial charge in [0.1, 0.15) is 6.04 Å². The fraction of sp³-hybridized carbons (Fsp3) is 0.360. The molecular weight excluding hydrogens is 456 g/mol. The first kappa shape index (κ1) is 26.9. The van der Waals surface area contributed by atoms with Crippen LogP contribution in [0.25, 0.3) is 0 Å². The number of hydrogen-bond acceptors (Lipinski definition) is 7. The first-order valence-electron chi connectivity index (χ1n) is 10.8. The Bertz CT molecular complexity index is 1010. The van der Waals surface area contributed by atoms with Crippen LogP contribution in [-0.2, 0) is 23.9 Å². The van der Waals surface area contributed by atoms with Crippen LogP contribution in [0.3, 0.4) is 0 Å². The number of esters is 2. The second kappa shape index (κ2) is 13.4. The Morgan fingerprint density at radius 2 is 1.65 bits per heavy atom. The maximum absolute atomic E-state index is 12.6. The minimum atomic E-state index is -0.814. The van der Waals surface area contributed by atoms with E-state index in [1.165, 1.54) is 18.9 Å². The second-order valence-corrected chi connectivity index (χ2v) is 9.07. The number of amides is 2. The number of carbonyl (C=O) groups excluding carboxylic acids is 4. The van der Waals surface area contributed by atoms with Crippen LogP contribution in [0.2, 0.25) is 0 Å². The number of anilines is 1. The van der Waals surface area contributed by atoms with Crippen molar-refractivity contribution in [1.82, 2.24) is 5.32 Å². The molecular formula is C25H30N2O6S. The Hall–Kier alpha value is -3.33. The summed E-state index contributed by atoms with van der Waals surface area (Å²) in [6, 6.07) is 13.3. The van der Waals surface area contributed by atoms with E-state index in [-0.39, 0.29) is 23.1 Å². The van der Waals surface area contributed by atoms with E-state index in [2.05, 4.69) is 10.6 Å². The molecule has 0 saturated heterocycles. The van der Waals surface area contributed by atoms with Crippen LogP contribution in [0, 0.1) is 12.8 Å². The molecule has 0 aliphatic carbocycles. The largest absolute Gasteiger partial charge is 0.467 e. The Kier molecular flexibility index (Phi) is 10.6. The number of methoxy groups -OCH3 is 1. The molecule has 0 fully saturated rings. The van der Waals surface area contributed by atoms with Crippen molar-refractivity contribution in [3.8, 4) is 0 Å². The molecule has 1 unspecified atom stereocenters. The maximum Gasteiger partial charge on any atom is 0.339 e. The lowest BCUT2D eigenvalue weighted by Crippen LogP contribution is -2.44. The zero-order valence-electron chi connectivity index (χ0n) is 19.8. The van der Waals surface area contributed by atoms with Gasteiger partial charge in [0.15, 0.2) is 6.61 Å². The van der Waals surface area contributed by atoms with Crippen molar-refractivity contribution in [3.63, 3.8) is 0 Å². The highest BCUT2D eigenvalue weighted by atomic mass is 32.2. The molecule has 1 atom stereocenters. The number of benzene rings is 2. The highest BCUT2D eigenvalue weighted by Gasteiger charge is 2.23. The molecule has 9 heteroatoms. The van der Waals surface area contributed by atoms with Gasteiger partial charge in [0, 0.05) is 10.6 Å². The summed E-state index contributed by atoms with van der Waals surface area (Å²) in [7, 11) is 1.25. The molecule has 0 saturated carbocycles. The zero-order valence-corrected chi connectivity index (χ0v) is 20.6. The average Bonchev–Trinajstić information content (AvgIpc) is 2.81. The fourth-order valence-electron chi connectivity index (χ4n) is 3.01. The van der Waals surface area contributed by atoms with Crippen LogP contribution < -0.4 is 10.6 Å². The van der Waals surface area contributed by atoms with Crippen LogP contribution in [0.5, 0.6) is 0 Å². The Morgan fingerprint density at radius 1 is 0.971 bits per heavy atom. The van der Waals surface area contributed by atoms with Crippen LogP contribution in [0.4, 0.5) is 5.69 Å². The molecule has 34 heavy (non-hydrogen) atoms. The molecule has 2 rings (SSSR count). The second-order valence-electron chi connectivity index (χ2n) is 8.05. The summed E-state index contributed by atoms with van der Waals surface area (Å²) in [4.78, 5) is 49.5. The molecule has 2 aromatic carbocycles. The van der Waals surface area contributed by atoms with Gasteiger partial charge in [-0.2, -0.15) is 0 Å². The molecule has 0 bridgehead atoms. The van der Waals surface area contributed by atoms with Gasteiger partial charge in [0.2, 0.25) is 5.91 Å². The van der Waals surface area contributed by atoms with E-state index in [4.69, 9.17) is 9.47 Å². The molecule has 182 valence electrons. The van der Waals surface area contributed by atoms with Crippen LogP contribution in [0.15, 0.2) is 53.4 Å². The van der Waals surface area contributed by atoms with Crippen LogP contribution in [-0.4, -0.2) is 49.3 Å². The monoisotopic (exact) mass is 486 g/mol. The first-order valence-corrected chi connectivity index (χ1v) is 11.8. The summed E-state index contributed by atoms with van der Waals surface area (Å²) in [5.74, 6) is -1.83. The summed E-state index contributed by atoms with van der Waals surface area (Å²) in [6.45, 7) is 5.25. The van der Waals surface area contributed by atoms with Gasteiger partial charge in [0.25, 0.3) is 5.91 Å². The van der Waals surface area contributed by atoms with Gasteiger partial charge in [-0.1, -0.05) is 43.7 Å². The number of hydrogen-bond donors (Lipinski definition) is 2. The third kappa shape index (κ3) is 8.90. The predicted octanol–water partition coefficient (Wildman–Crippen LogP) is 3.59. The SMILES string of the molecule is COC(=O)C(CC(C)C)NC(=O)COC(=O)c1ccccc1SCC(=O)Nc1ccc(C)cc1. The lowest BCUT2D eigenvalue weighted by Gasteiger charge is -2.18. The van der Waals surface area contributed by atoms with E-state index in [9.17, 15) is 19.2 Å². The topological polar surface area (TPSA) is 111 Å². The molecule has 2 N–H and O–H groups in total. The fourth-order valence-corrected chi connectivity index (χ4v) is 3.85. The number of rotatable bonds is 11. The van der Waals surface area contributed by atoms with Crippen molar-refractivity contribution in [1.29, 1.82) is 0 Å². The van der Waals surface area contributed by atoms with Crippen LogP contribution >= 0.6 is 11.8 Å². The molecule has 0 spiro atoms. The number of thioether (sulfide) groups is 1. The van der Waals surface area contributed by atoms with Gasteiger partial charge in [-0.05, 0) is 43.5 Å². The summed E-state index contributed by atoms with van der Waals surface area (Å²) >= 11 is 1.19. The van der Waals surface area contributed by atoms with Crippen LogP contribution in [0.1, 0.15) is 36.2 Å². The normalized spacial score (nSPS) is 11.4. The van der Waals surface area contributed by atoms with E-state index in [0.29, 0.717) is 17.0 Å². The summed E-state index contributed by atoms with van der Waals surface area (Å²) in [6.07, 6.45) is 0.399. The molecule has 2 amide bonds. The Morgan fingerprint density at radius 3 is 2.29 bits per heavy atom. The lowest BCUT2D eigenvalue weighted by molar-refractivity contribution is -0.145. The predicted molar refractivity (Wildman–Crippen MR) is 131 cm³/mol. The Balaban J connectivity index is 1.91. The van der Waals surface area contributed by atoms with Gasteiger partial charge in [0.05, 0.1) is 18.4 Å². The number of nitrogens with one attached hydrogen (secondary N) is 2. The quantitative estimate of drug-likeness (QED) is 0.369. The maximum atomic E-state index is 12.6. The van der Waals surface area contributed by atoms with E-state index in [1.807, 2.05) is 45.0 Å². The lowest BCUT2D eigenvalue weighted by atomic mass is 10.0. The Labute approximate surface area is 203 Å². The number of ether oxygens (including phenoxy) is 2. The molecule has 8 nitrogen and oxygen atoms in total. The van der Waals surface area contributed by atoms with Gasteiger partial charge in [-0.3, -0.25) is 9.59 Å². The van der Waals surface area contributed by atoms with Crippen molar-refractivity contribution in [2.24, 2.45) is 5.92 Å². The summed E-state index contributed by atoms with van der Waals surface area (Å²) < 4.78 is 9.86. The zero-order chi connectivity index (χ0) is 25.1. The third-order valence-corrected chi connectivity index (χ3v) is 5.74. The standard InChI is InChI=1S/C25H30N2O6S/c1-16(2)13-20(25(31)32-4)27-22(28)14-33-24(30)19-7-5-6-8-21(19)34-15-23(29)26-18-11-9-17(3)10-12-18/h5-12,16,20H,13-15H2,1-4H3,(H,26,29)(H,27,28). The van der Waals surface area contributed by atoms with Crippen molar-refractivity contribution in [2.75, 3.05) is 24.8 Å². The molecule has 0 radical (unpaired) electrons. The smallest absolute Gasteiger partial charge is 0.339 e. The van der Waals surface area contributed by atoms with E-state index >= 15 is 0 Å². The average molecular weight is 487 g/mol. The van der Waals surface area contributed by atoms with Gasteiger partial charge in [-0.25, -0.2) is 9.59 Å². The molecule has 2 aromatic rings. The number of carbonyl (C=O) groups is 4. The summed E-state index contributed by atoms with van der Waals surface area (Å²) in [5.41, 5.74) is 2.03. The highest BCUT2D eigenvalue weighted by Crippen LogP contribution is 2.23. The summed E-state index contributed by atoms with van der Waals surface area (Å²) in [5, 5.41) is 5.35. The first-order chi connectivity index (χ1) is 16.2. The highest BCUT2D eigenvalue weighted by molar-refractivity contribution is 8.00. The van der Waals surface area contributed by atoms with E-state index in [1.54, 1.807) is 24.3 Å². The van der Waals surface area contributed by atoms with Crippen molar-refractivity contribution < 1.29 is 28.7 Å². The molecule has 0 aromatic heterocycles. The van der Waals surface area contributed by atoms with E-state index in [0.717, 1.165) is 5.56 Å². The van der Waals surface area contributed by atoms with Crippen molar-refractivity contribution in [2.45, 2.75) is 38.1 Å². The van der Waals surface area contributed by atoms with Gasteiger partial charge < -0.3 is 20.1 Å². The van der Waals surface area contributed by atoms with Gasteiger partial charge in [-0.15, -0.1) is 11.8 Å². The minimum absolute atomic E-state index is 0.0919. The van der Waals surface area contributed by atoms with Crippen molar-refractivity contribution >= 4 is 41.2 Å². The van der Waals surface area contributed by atoms with E-state index < -0.39 is 30.5 Å². The number of aryl methyl sites for hydroxylation is 1. The molecule has 0 heterocycles. The molecule has 0 aliphatic heterocycles. The minimum Gasteiger partial charge on any atom is -0.467 e. The van der Waals surface area contributed by atoms with Crippen molar-refractivity contribution in [3.05, 3.63) is 59.7 Å². The van der Waals surface area contributed by atoms with Gasteiger partial charge >= 0.3 is 11.9 Å². The third-order valence-electron chi connectivity index (χ3n) is 4.66. The molecule has 0 aliphatic rings.